The zero-order valence-electron chi connectivity index (χ0n) is 12.7. The van der Waals surface area contributed by atoms with E-state index in [9.17, 15) is 13.2 Å². The van der Waals surface area contributed by atoms with Gasteiger partial charge in [-0.15, -0.1) is 5.10 Å². The number of nitriles is 1. The third kappa shape index (κ3) is 3.44. The van der Waals surface area contributed by atoms with E-state index < -0.39 is 15.9 Å². The summed E-state index contributed by atoms with van der Waals surface area (Å²) in [5.41, 5.74) is 0.644. The minimum atomic E-state index is -3.13. The predicted octanol–water partition coefficient (Wildman–Crippen LogP) is 0.370. The van der Waals surface area contributed by atoms with Crippen LogP contribution in [0.15, 0.2) is 36.7 Å². The molecule has 124 valence electrons. The van der Waals surface area contributed by atoms with Crippen LogP contribution in [0, 0.1) is 11.3 Å². The van der Waals surface area contributed by atoms with Crippen LogP contribution in [0.5, 0.6) is 0 Å². The molecule has 0 saturated carbocycles. The Morgan fingerprint density at radius 3 is 2.71 bits per heavy atom. The second-order valence-electron chi connectivity index (χ2n) is 5.53. The molecule has 0 aliphatic carbocycles. The van der Waals surface area contributed by atoms with Crippen LogP contribution in [0.4, 0.5) is 5.69 Å². The second kappa shape index (κ2) is 6.41. The Bertz CT molecular complexity index is 885. The molecular weight excluding hydrogens is 330 g/mol. The van der Waals surface area contributed by atoms with Crippen LogP contribution >= 0.6 is 0 Å². The molecule has 9 heteroatoms. The van der Waals surface area contributed by atoms with Crippen LogP contribution < -0.4 is 4.90 Å². The fraction of sp³-hybridized carbons (Fsp3) is 0.333. The van der Waals surface area contributed by atoms with Crippen molar-refractivity contribution in [2.45, 2.75) is 19.0 Å². The van der Waals surface area contributed by atoms with Crippen LogP contribution in [-0.2, 0) is 21.2 Å². The Hall–Kier alpha value is -2.73. The molecule has 1 amide bonds. The Morgan fingerprint density at radius 1 is 1.38 bits per heavy atom. The number of sulfone groups is 1. The molecule has 1 aromatic carbocycles. The SMILES string of the molecule is N#Cc1ncn(CC(=O)N(c2ccccc2)[C@H]2CCS(=O)(=O)C2)n1. The number of benzene rings is 1. The maximum atomic E-state index is 12.8. The Balaban J connectivity index is 1.87. The van der Waals surface area contributed by atoms with Crippen LogP contribution in [0.1, 0.15) is 12.2 Å². The van der Waals surface area contributed by atoms with E-state index in [4.69, 9.17) is 5.26 Å². The van der Waals surface area contributed by atoms with Gasteiger partial charge in [0.1, 0.15) is 18.9 Å². The smallest absolute Gasteiger partial charge is 0.252 e. The first-order valence-corrected chi connectivity index (χ1v) is 9.18. The van der Waals surface area contributed by atoms with Gasteiger partial charge in [-0.2, -0.15) is 5.26 Å². The van der Waals surface area contributed by atoms with E-state index in [1.54, 1.807) is 30.3 Å². The minimum absolute atomic E-state index is 0.0162. The maximum absolute atomic E-state index is 12.8. The fourth-order valence-corrected chi connectivity index (χ4v) is 4.46. The van der Waals surface area contributed by atoms with E-state index in [0.29, 0.717) is 12.1 Å². The molecule has 1 aliphatic heterocycles. The summed E-state index contributed by atoms with van der Waals surface area (Å²) >= 11 is 0. The molecule has 24 heavy (non-hydrogen) atoms. The highest BCUT2D eigenvalue weighted by atomic mass is 32.2. The number of rotatable bonds is 4. The number of aromatic nitrogens is 3. The summed E-state index contributed by atoms with van der Waals surface area (Å²) in [7, 11) is -3.13. The number of anilines is 1. The zero-order valence-corrected chi connectivity index (χ0v) is 13.6. The van der Waals surface area contributed by atoms with E-state index in [0.717, 1.165) is 0 Å². The molecule has 0 unspecified atom stereocenters. The van der Waals surface area contributed by atoms with Crippen LogP contribution in [0.2, 0.25) is 0 Å². The summed E-state index contributed by atoms with van der Waals surface area (Å²) in [4.78, 5) is 18.0. The van der Waals surface area contributed by atoms with Crippen LogP contribution in [-0.4, -0.2) is 46.6 Å². The highest BCUT2D eigenvalue weighted by Gasteiger charge is 2.35. The number of para-hydroxylation sites is 1. The number of carbonyl (C=O) groups is 1. The summed E-state index contributed by atoms with van der Waals surface area (Å²) in [6, 6.07) is 10.4. The molecule has 0 radical (unpaired) electrons. The molecule has 1 saturated heterocycles. The fourth-order valence-electron chi connectivity index (χ4n) is 2.76. The first kappa shape index (κ1) is 16.1. The Morgan fingerprint density at radius 2 is 2.12 bits per heavy atom. The first-order chi connectivity index (χ1) is 11.5. The highest BCUT2D eigenvalue weighted by Crippen LogP contribution is 2.24. The van der Waals surface area contributed by atoms with E-state index in [-0.39, 0.29) is 29.8 Å². The van der Waals surface area contributed by atoms with Gasteiger partial charge in [0.2, 0.25) is 5.91 Å². The van der Waals surface area contributed by atoms with Crippen molar-refractivity contribution < 1.29 is 13.2 Å². The summed E-state index contributed by atoms with van der Waals surface area (Å²) in [5.74, 6) is -0.278. The lowest BCUT2D eigenvalue weighted by Gasteiger charge is -2.28. The standard InChI is InChI=1S/C15H15N5O3S/c16-8-14-17-11-19(18-14)9-15(21)20(12-4-2-1-3-5-12)13-6-7-24(22,23)10-13/h1-5,11,13H,6-7,9-10H2/t13-/m0/s1. The number of carbonyl (C=O) groups excluding carboxylic acids is 1. The van der Waals surface area contributed by atoms with Gasteiger partial charge >= 0.3 is 0 Å². The summed E-state index contributed by atoms with van der Waals surface area (Å²) in [6.07, 6.45) is 1.72. The van der Waals surface area contributed by atoms with E-state index >= 15 is 0 Å². The number of hydrogen-bond donors (Lipinski definition) is 0. The summed E-state index contributed by atoms with van der Waals surface area (Å²) < 4.78 is 24.9. The average molecular weight is 345 g/mol. The van der Waals surface area contributed by atoms with Crippen molar-refractivity contribution in [1.82, 2.24) is 14.8 Å². The summed E-state index contributed by atoms with van der Waals surface area (Å²) in [6.45, 7) is -0.111. The average Bonchev–Trinajstić information content (AvgIpc) is 3.15. The molecule has 2 aromatic rings. The minimum Gasteiger partial charge on any atom is -0.307 e. The lowest BCUT2D eigenvalue weighted by atomic mass is 10.2. The number of nitrogens with zero attached hydrogens (tertiary/aromatic N) is 5. The van der Waals surface area contributed by atoms with Gasteiger partial charge in [-0.05, 0) is 18.6 Å². The Kier molecular flexibility index (Phi) is 4.31. The molecule has 3 rings (SSSR count). The molecule has 0 bridgehead atoms. The molecular formula is C15H15N5O3S. The predicted molar refractivity (Wildman–Crippen MR) is 85.7 cm³/mol. The van der Waals surface area contributed by atoms with Crippen LogP contribution in [0.3, 0.4) is 0 Å². The van der Waals surface area contributed by atoms with Gasteiger partial charge in [0.15, 0.2) is 9.84 Å². The van der Waals surface area contributed by atoms with Crippen molar-refractivity contribution in [3.63, 3.8) is 0 Å². The van der Waals surface area contributed by atoms with Crippen molar-refractivity contribution >= 4 is 21.4 Å². The molecule has 8 nitrogen and oxygen atoms in total. The van der Waals surface area contributed by atoms with Crippen molar-refractivity contribution in [3.05, 3.63) is 42.5 Å². The normalized spacial score (nSPS) is 18.9. The monoisotopic (exact) mass is 345 g/mol. The van der Waals surface area contributed by atoms with E-state index in [1.807, 2.05) is 6.07 Å². The van der Waals surface area contributed by atoms with Crippen LogP contribution in [0.25, 0.3) is 0 Å². The van der Waals surface area contributed by atoms with Crippen molar-refractivity contribution in [3.8, 4) is 6.07 Å². The molecule has 0 spiro atoms. The van der Waals surface area contributed by atoms with Gasteiger partial charge in [-0.3, -0.25) is 4.79 Å². The highest BCUT2D eigenvalue weighted by molar-refractivity contribution is 7.91. The first-order valence-electron chi connectivity index (χ1n) is 7.35. The largest absolute Gasteiger partial charge is 0.307 e. The molecule has 1 atom stereocenters. The lowest BCUT2D eigenvalue weighted by Crippen LogP contribution is -2.43. The number of amides is 1. The van der Waals surface area contributed by atoms with Gasteiger partial charge in [-0.1, -0.05) is 18.2 Å². The third-order valence-corrected chi connectivity index (χ3v) is 5.56. The molecule has 1 aliphatic rings. The van der Waals surface area contributed by atoms with Crippen molar-refractivity contribution in [1.29, 1.82) is 5.26 Å². The molecule has 2 heterocycles. The quantitative estimate of drug-likeness (QED) is 0.792. The van der Waals surface area contributed by atoms with Gasteiger partial charge in [0.05, 0.1) is 17.5 Å². The molecule has 0 N–H and O–H groups in total. The second-order valence-corrected chi connectivity index (χ2v) is 7.76. The van der Waals surface area contributed by atoms with E-state index in [1.165, 1.54) is 15.9 Å². The lowest BCUT2D eigenvalue weighted by molar-refractivity contribution is -0.119. The maximum Gasteiger partial charge on any atom is 0.252 e. The van der Waals surface area contributed by atoms with E-state index in [2.05, 4.69) is 10.1 Å². The molecule has 1 fully saturated rings. The zero-order chi connectivity index (χ0) is 17.2. The Labute approximate surface area is 139 Å². The van der Waals surface area contributed by atoms with Gasteiger partial charge in [-0.25, -0.2) is 18.1 Å². The molecule has 1 aromatic heterocycles. The van der Waals surface area contributed by atoms with Crippen molar-refractivity contribution in [2.75, 3.05) is 16.4 Å². The third-order valence-electron chi connectivity index (χ3n) is 3.81. The van der Waals surface area contributed by atoms with Gasteiger partial charge in [0, 0.05) is 5.69 Å². The van der Waals surface area contributed by atoms with Gasteiger partial charge < -0.3 is 4.90 Å². The van der Waals surface area contributed by atoms with Crippen molar-refractivity contribution in [2.24, 2.45) is 0 Å². The summed E-state index contributed by atoms with van der Waals surface area (Å²) in [5, 5.41) is 12.6. The van der Waals surface area contributed by atoms with Gasteiger partial charge in [0.25, 0.3) is 5.82 Å². The topological polar surface area (TPSA) is 109 Å². The number of hydrogen-bond acceptors (Lipinski definition) is 6.